The zero-order chi connectivity index (χ0) is 24.3. The van der Waals surface area contributed by atoms with Gasteiger partial charge in [-0.2, -0.15) is 0 Å². The lowest BCUT2D eigenvalue weighted by Gasteiger charge is -2.11. The summed E-state index contributed by atoms with van der Waals surface area (Å²) in [6.07, 6.45) is 1.10. The number of esters is 1. The Morgan fingerprint density at radius 1 is 0.971 bits per heavy atom. The number of hydrogen-bond acceptors (Lipinski definition) is 6. The van der Waals surface area contributed by atoms with Crippen molar-refractivity contribution in [1.82, 2.24) is 4.98 Å². The van der Waals surface area contributed by atoms with Crippen molar-refractivity contribution in [2.24, 2.45) is 0 Å². The van der Waals surface area contributed by atoms with Gasteiger partial charge in [0.1, 0.15) is 0 Å². The van der Waals surface area contributed by atoms with Crippen molar-refractivity contribution < 1.29 is 22.7 Å². The van der Waals surface area contributed by atoms with Gasteiger partial charge in [-0.3, -0.25) is 4.79 Å². The third-order valence-corrected chi connectivity index (χ3v) is 6.36. The van der Waals surface area contributed by atoms with Crippen molar-refractivity contribution in [2.75, 3.05) is 18.2 Å². The molecule has 34 heavy (non-hydrogen) atoms. The van der Waals surface area contributed by atoms with E-state index < -0.39 is 28.3 Å². The third-order valence-electron chi connectivity index (χ3n) is 4.98. The molecular formula is C25H19ClN2O5S. The number of aromatic nitrogens is 1. The lowest BCUT2D eigenvalue weighted by molar-refractivity contribution is -0.119. The number of rotatable bonds is 6. The monoisotopic (exact) mass is 494 g/mol. The molecule has 1 N–H and O–H groups in total. The lowest BCUT2D eigenvalue weighted by atomic mass is 10.0. The number of carbonyl (C=O) groups is 2. The molecule has 0 fully saturated rings. The number of carbonyl (C=O) groups excluding carboxylic acids is 2. The molecule has 1 amide bonds. The normalized spacial score (nSPS) is 11.2. The van der Waals surface area contributed by atoms with E-state index in [9.17, 15) is 18.0 Å². The van der Waals surface area contributed by atoms with Crippen LogP contribution in [0.5, 0.6) is 0 Å². The van der Waals surface area contributed by atoms with Crippen LogP contribution in [0.2, 0.25) is 5.02 Å². The average molecular weight is 495 g/mol. The second-order valence-corrected chi connectivity index (χ2v) is 9.95. The topological polar surface area (TPSA) is 102 Å². The molecule has 0 radical (unpaired) electrons. The molecule has 9 heteroatoms. The standard InChI is InChI=1S/C25H19ClN2O5S/c1-34(31,32)19-12-10-18(11-13-19)27-24(29)15-33-25(30)21-14-23(16-6-8-17(26)9-7-16)28-22-5-3-2-4-20(21)22/h2-14H,15H2,1H3,(H,27,29). The van der Waals surface area contributed by atoms with Crippen molar-refractivity contribution in [3.05, 3.63) is 89.4 Å². The summed E-state index contributed by atoms with van der Waals surface area (Å²) in [7, 11) is -3.34. The number of nitrogens with one attached hydrogen (secondary N) is 1. The molecule has 172 valence electrons. The van der Waals surface area contributed by atoms with Gasteiger partial charge in [-0.1, -0.05) is 41.9 Å². The van der Waals surface area contributed by atoms with Crippen LogP contribution in [0.15, 0.2) is 83.8 Å². The van der Waals surface area contributed by atoms with E-state index in [2.05, 4.69) is 10.3 Å². The molecule has 0 spiro atoms. The Kier molecular flexibility index (Phi) is 6.63. The molecule has 0 atom stereocenters. The number of anilines is 1. The summed E-state index contributed by atoms with van der Waals surface area (Å²) in [5.74, 6) is -1.23. The van der Waals surface area contributed by atoms with Crippen LogP contribution in [-0.2, 0) is 19.4 Å². The predicted molar refractivity (Wildman–Crippen MR) is 131 cm³/mol. The number of sulfone groups is 1. The van der Waals surface area contributed by atoms with Gasteiger partial charge in [0.2, 0.25) is 0 Å². The van der Waals surface area contributed by atoms with E-state index in [4.69, 9.17) is 16.3 Å². The summed E-state index contributed by atoms with van der Waals surface area (Å²) in [6.45, 7) is -0.514. The molecule has 0 saturated carbocycles. The molecule has 7 nitrogen and oxygen atoms in total. The highest BCUT2D eigenvalue weighted by Crippen LogP contribution is 2.26. The van der Waals surface area contributed by atoms with Crippen molar-refractivity contribution in [1.29, 1.82) is 0 Å². The predicted octanol–water partition coefficient (Wildman–Crippen LogP) is 4.75. The molecule has 0 aliphatic rings. The van der Waals surface area contributed by atoms with Crippen LogP contribution < -0.4 is 5.32 Å². The van der Waals surface area contributed by atoms with E-state index in [1.54, 1.807) is 48.5 Å². The lowest BCUT2D eigenvalue weighted by Crippen LogP contribution is -2.21. The summed E-state index contributed by atoms with van der Waals surface area (Å²) < 4.78 is 28.4. The molecule has 0 aliphatic carbocycles. The SMILES string of the molecule is CS(=O)(=O)c1ccc(NC(=O)COC(=O)c2cc(-c3ccc(Cl)cc3)nc3ccccc23)cc1. The van der Waals surface area contributed by atoms with Gasteiger partial charge in [-0.15, -0.1) is 0 Å². The first-order chi connectivity index (χ1) is 16.2. The van der Waals surface area contributed by atoms with Crippen LogP contribution in [0.4, 0.5) is 5.69 Å². The second-order valence-electron chi connectivity index (χ2n) is 7.50. The number of para-hydroxylation sites is 1. The zero-order valence-corrected chi connectivity index (χ0v) is 19.6. The fourth-order valence-corrected chi connectivity index (χ4v) is 4.06. The number of nitrogens with zero attached hydrogens (tertiary/aromatic N) is 1. The van der Waals surface area contributed by atoms with Crippen LogP contribution in [0.1, 0.15) is 10.4 Å². The Labute approximate surface area is 201 Å². The third kappa shape index (κ3) is 5.41. The molecule has 0 unspecified atom stereocenters. The largest absolute Gasteiger partial charge is 0.452 e. The minimum Gasteiger partial charge on any atom is -0.452 e. The fraction of sp³-hybridized carbons (Fsp3) is 0.0800. The smallest absolute Gasteiger partial charge is 0.339 e. The maximum Gasteiger partial charge on any atom is 0.339 e. The summed E-state index contributed by atoms with van der Waals surface area (Å²) in [4.78, 5) is 29.9. The summed E-state index contributed by atoms with van der Waals surface area (Å²) in [5, 5.41) is 3.75. The van der Waals surface area contributed by atoms with Crippen LogP contribution in [0, 0.1) is 0 Å². The van der Waals surface area contributed by atoms with E-state index in [1.807, 2.05) is 6.07 Å². The molecule has 3 aromatic carbocycles. The van der Waals surface area contributed by atoms with Gasteiger partial charge in [0, 0.05) is 27.9 Å². The Morgan fingerprint density at radius 2 is 1.65 bits per heavy atom. The summed E-state index contributed by atoms with van der Waals surface area (Å²) >= 11 is 5.97. The van der Waals surface area contributed by atoms with E-state index >= 15 is 0 Å². The number of amides is 1. The first-order valence-corrected chi connectivity index (χ1v) is 12.4. The van der Waals surface area contributed by atoms with E-state index in [0.29, 0.717) is 27.3 Å². The highest BCUT2D eigenvalue weighted by atomic mass is 35.5. The molecule has 1 heterocycles. The molecule has 1 aromatic heterocycles. The maximum atomic E-state index is 12.9. The zero-order valence-electron chi connectivity index (χ0n) is 18.0. The van der Waals surface area contributed by atoms with Crippen LogP contribution in [0.25, 0.3) is 22.2 Å². The number of halogens is 1. The average Bonchev–Trinajstić information content (AvgIpc) is 2.82. The van der Waals surface area contributed by atoms with Gasteiger partial charge in [0.15, 0.2) is 16.4 Å². The number of benzene rings is 3. The fourth-order valence-electron chi connectivity index (χ4n) is 3.30. The van der Waals surface area contributed by atoms with E-state index in [-0.39, 0.29) is 10.5 Å². The van der Waals surface area contributed by atoms with Crippen molar-refractivity contribution >= 4 is 49.9 Å². The van der Waals surface area contributed by atoms with E-state index in [1.165, 1.54) is 24.3 Å². The van der Waals surface area contributed by atoms with Gasteiger partial charge in [-0.05, 0) is 48.5 Å². The Balaban J connectivity index is 1.51. The Bertz CT molecular complexity index is 1480. The van der Waals surface area contributed by atoms with Gasteiger partial charge in [0.25, 0.3) is 5.91 Å². The summed E-state index contributed by atoms with van der Waals surface area (Å²) in [6, 6.07) is 21.5. The van der Waals surface area contributed by atoms with Crippen LogP contribution in [-0.4, -0.2) is 38.1 Å². The summed E-state index contributed by atoms with van der Waals surface area (Å²) in [5.41, 5.74) is 2.61. The number of hydrogen-bond donors (Lipinski definition) is 1. The molecular weight excluding hydrogens is 476 g/mol. The number of pyridine rings is 1. The Morgan fingerprint density at radius 3 is 2.32 bits per heavy atom. The van der Waals surface area contributed by atoms with Crippen LogP contribution in [0.3, 0.4) is 0 Å². The van der Waals surface area contributed by atoms with Crippen molar-refractivity contribution in [3.63, 3.8) is 0 Å². The molecule has 4 rings (SSSR count). The minimum absolute atomic E-state index is 0.137. The molecule has 0 saturated heterocycles. The highest BCUT2D eigenvalue weighted by molar-refractivity contribution is 7.90. The minimum atomic E-state index is -3.34. The first kappa shape index (κ1) is 23.4. The first-order valence-electron chi connectivity index (χ1n) is 10.1. The van der Waals surface area contributed by atoms with E-state index in [0.717, 1.165) is 11.8 Å². The molecule has 0 aliphatic heterocycles. The second kappa shape index (κ2) is 9.62. The van der Waals surface area contributed by atoms with Gasteiger partial charge >= 0.3 is 5.97 Å². The highest BCUT2D eigenvalue weighted by Gasteiger charge is 2.17. The maximum absolute atomic E-state index is 12.9. The van der Waals surface area contributed by atoms with Gasteiger partial charge < -0.3 is 10.1 Å². The quantitative estimate of drug-likeness (QED) is 0.388. The molecule has 4 aromatic rings. The van der Waals surface area contributed by atoms with Crippen molar-refractivity contribution in [3.8, 4) is 11.3 Å². The van der Waals surface area contributed by atoms with Gasteiger partial charge in [-0.25, -0.2) is 18.2 Å². The van der Waals surface area contributed by atoms with Crippen LogP contribution >= 0.6 is 11.6 Å². The molecule has 0 bridgehead atoms. The number of fused-ring (bicyclic) bond motifs is 1. The van der Waals surface area contributed by atoms with Gasteiger partial charge in [0.05, 0.1) is 21.7 Å². The Hall–Kier alpha value is -3.75. The van der Waals surface area contributed by atoms with Crippen molar-refractivity contribution in [2.45, 2.75) is 4.90 Å². The number of ether oxygens (including phenoxy) is 1.